The molecular formula is C40H64O10Si2. The molecule has 2 saturated heterocycles. The number of fused-ring (bicyclic) bond motifs is 1. The summed E-state index contributed by atoms with van der Waals surface area (Å²) in [4.78, 5) is 29.8. The molecule has 2 aliphatic heterocycles. The Hall–Kier alpha value is -1.55. The van der Waals surface area contributed by atoms with Gasteiger partial charge in [0.1, 0.15) is 29.0 Å². The first kappa shape index (κ1) is 38.7. The average Bonchev–Trinajstić information content (AvgIpc) is 3.62. The Morgan fingerprint density at radius 3 is 1.79 bits per heavy atom. The van der Waals surface area contributed by atoms with E-state index < -0.39 is 87.4 Å². The lowest BCUT2D eigenvalue weighted by Gasteiger charge is -2.66. The molecule has 0 amide bonds. The van der Waals surface area contributed by atoms with E-state index in [9.17, 15) is 4.79 Å². The number of esters is 2. The number of rotatable bonds is 6. The van der Waals surface area contributed by atoms with Crippen molar-refractivity contribution in [2.75, 3.05) is 14.2 Å². The average molecular weight is 761 g/mol. The van der Waals surface area contributed by atoms with Crippen LogP contribution in [0.3, 0.4) is 0 Å². The molecule has 3 saturated carbocycles. The number of hydrogen-bond donors (Lipinski definition) is 0. The van der Waals surface area contributed by atoms with Gasteiger partial charge in [-0.25, -0.2) is 4.79 Å². The van der Waals surface area contributed by atoms with Crippen molar-refractivity contribution in [3.63, 3.8) is 0 Å². The SMILES string of the molecule is COC(=O)C1=C[C@@H]2C3[C@@H]4OC5(CCCCC5)O[C@@H]4C(O[Si](C)(C)C(C)(C)C)=CC3(C(=O)OC)[C@@]1(O[Si](C)(C)C(C)(C)C)[C@H]1OC3(CCCCC3)O[C@@H]21. The summed E-state index contributed by atoms with van der Waals surface area (Å²) < 4.78 is 55.5. The Labute approximate surface area is 313 Å². The molecule has 52 heavy (non-hydrogen) atoms. The predicted octanol–water partition coefficient (Wildman–Crippen LogP) is 8.07. The number of ether oxygens (including phenoxy) is 6. The number of hydrogen-bond acceptors (Lipinski definition) is 10. The van der Waals surface area contributed by atoms with Gasteiger partial charge in [-0.1, -0.05) is 60.5 Å². The van der Waals surface area contributed by atoms with Crippen molar-refractivity contribution in [2.45, 2.75) is 184 Å². The standard InChI is InChI=1S/C40H64O10Si2/c1-35(2,3)51(9,10)49-27-24-39(34(42)44-8)28(31-30(27)46-37(47-31)19-15-13-16-20-37)25-23-26(33(41)43-7)40(39,50-52(11,12)36(4,5)6)32-29(25)45-38(48-32)21-17-14-18-22-38/h23-25,28-32H,13-22H2,1-12H3/t25-,28?,29+,30-,31+,32+,39?,40+/m1/s1. The number of carbonyl (C=O) groups excluding carboxylic acids is 2. The maximum absolute atomic E-state index is 15.4. The lowest BCUT2D eigenvalue weighted by atomic mass is 9.43. The van der Waals surface area contributed by atoms with E-state index in [1.54, 1.807) is 0 Å². The minimum absolute atomic E-state index is 0.153. The maximum Gasteiger partial charge on any atom is 0.336 e. The van der Waals surface area contributed by atoms with Gasteiger partial charge in [-0.15, -0.1) is 0 Å². The normalized spacial score (nSPS) is 37.8. The molecule has 8 aliphatic rings. The second kappa shape index (κ2) is 12.5. The monoisotopic (exact) mass is 760 g/mol. The largest absolute Gasteiger partial charge is 0.545 e. The molecule has 2 heterocycles. The summed E-state index contributed by atoms with van der Waals surface area (Å²) in [7, 11) is -2.57. The van der Waals surface area contributed by atoms with Crippen LogP contribution in [0.1, 0.15) is 106 Å². The van der Waals surface area contributed by atoms with Gasteiger partial charge in [0.2, 0.25) is 8.32 Å². The van der Waals surface area contributed by atoms with Gasteiger partial charge in [-0.3, -0.25) is 4.79 Å². The van der Waals surface area contributed by atoms with Crippen LogP contribution in [0.25, 0.3) is 0 Å². The molecule has 12 heteroatoms. The van der Waals surface area contributed by atoms with Crippen molar-refractivity contribution in [2.24, 2.45) is 17.3 Å². The zero-order valence-electron chi connectivity index (χ0n) is 33.8. The Balaban J connectivity index is 1.55. The lowest BCUT2D eigenvalue weighted by Crippen LogP contribution is -2.80. The van der Waals surface area contributed by atoms with Crippen molar-refractivity contribution >= 4 is 28.6 Å². The highest BCUT2D eigenvalue weighted by molar-refractivity contribution is 6.74. The van der Waals surface area contributed by atoms with Crippen LogP contribution in [0.4, 0.5) is 0 Å². The molecule has 0 aromatic rings. The van der Waals surface area contributed by atoms with Crippen LogP contribution in [-0.2, 0) is 46.9 Å². The predicted molar refractivity (Wildman–Crippen MR) is 200 cm³/mol. The topological polar surface area (TPSA) is 108 Å². The number of carbonyl (C=O) groups is 2. The van der Waals surface area contributed by atoms with Gasteiger partial charge in [-0.05, 0) is 68.0 Å². The smallest absolute Gasteiger partial charge is 0.336 e. The third-order valence-electron chi connectivity index (χ3n) is 14.6. The van der Waals surface area contributed by atoms with E-state index in [0.717, 1.165) is 64.2 Å². The fourth-order valence-electron chi connectivity index (χ4n) is 10.0. The first-order chi connectivity index (χ1) is 24.1. The Kier molecular flexibility index (Phi) is 9.29. The summed E-state index contributed by atoms with van der Waals surface area (Å²) in [5.41, 5.74) is -3.00. The fraction of sp³-hybridized carbons (Fsp3) is 0.850. The summed E-state index contributed by atoms with van der Waals surface area (Å²) in [6.45, 7) is 21.8. The van der Waals surface area contributed by atoms with Gasteiger partial charge in [0.25, 0.3) is 0 Å². The summed E-state index contributed by atoms with van der Waals surface area (Å²) >= 11 is 0. The zero-order chi connectivity index (χ0) is 37.9. The summed E-state index contributed by atoms with van der Waals surface area (Å²) in [6.07, 6.45) is 10.6. The van der Waals surface area contributed by atoms with Gasteiger partial charge >= 0.3 is 11.9 Å². The van der Waals surface area contributed by atoms with E-state index in [4.69, 9.17) is 37.3 Å². The van der Waals surface area contributed by atoms with Crippen LogP contribution in [0.2, 0.25) is 36.3 Å². The lowest BCUT2D eigenvalue weighted by molar-refractivity contribution is -0.242. The van der Waals surface area contributed by atoms with Crippen molar-refractivity contribution in [1.82, 2.24) is 0 Å². The quantitative estimate of drug-likeness (QED) is 0.195. The van der Waals surface area contributed by atoms with Crippen molar-refractivity contribution in [1.29, 1.82) is 0 Å². The maximum atomic E-state index is 15.4. The minimum atomic E-state index is -2.86. The van der Waals surface area contributed by atoms with Gasteiger partial charge in [0.15, 0.2) is 19.9 Å². The van der Waals surface area contributed by atoms with E-state index in [1.807, 2.05) is 12.2 Å². The van der Waals surface area contributed by atoms with Crippen LogP contribution in [0, 0.1) is 17.3 Å². The van der Waals surface area contributed by atoms with E-state index in [-0.39, 0.29) is 15.6 Å². The zero-order valence-corrected chi connectivity index (χ0v) is 35.8. The fourth-order valence-corrected chi connectivity index (χ4v) is 12.6. The van der Waals surface area contributed by atoms with Gasteiger partial charge in [0.05, 0.1) is 32.0 Å². The summed E-state index contributed by atoms with van der Waals surface area (Å²) in [5, 5.41) is -0.457. The third kappa shape index (κ3) is 5.45. The molecular weight excluding hydrogens is 697 g/mol. The second-order valence-corrected chi connectivity index (χ2v) is 29.2. The molecule has 2 unspecified atom stereocenters. The highest BCUT2D eigenvalue weighted by Gasteiger charge is 2.84. The highest BCUT2D eigenvalue weighted by Crippen LogP contribution is 2.71. The Bertz CT molecular complexity index is 1510. The van der Waals surface area contributed by atoms with Crippen molar-refractivity contribution < 1.29 is 46.9 Å². The summed E-state index contributed by atoms with van der Waals surface area (Å²) in [6, 6.07) is 0. The molecule has 8 rings (SSSR count). The third-order valence-corrected chi connectivity index (χ3v) is 23.4. The molecule has 0 aromatic heterocycles. The van der Waals surface area contributed by atoms with E-state index in [1.165, 1.54) is 14.2 Å². The molecule has 6 aliphatic carbocycles. The Morgan fingerprint density at radius 1 is 0.731 bits per heavy atom. The molecule has 10 nitrogen and oxygen atoms in total. The van der Waals surface area contributed by atoms with Crippen LogP contribution < -0.4 is 0 Å². The van der Waals surface area contributed by atoms with Crippen molar-refractivity contribution in [3.05, 3.63) is 23.5 Å². The van der Waals surface area contributed by atoms with E-state index in [2.05, 4.69) is 67.7 Å². The van der Waals surface area contributed by atoms with Crippen molar-refractivity contribution in [3.8, 4) is 0 Å². The van der Waals surface area contributed by atoms with E-state index in [0.29, 0.717) is 5.76 Å². The molecule has 8 atom stereocenters. The summed E-state index contributed by atoms with van der Waals surface area (Å²) in [5.74, 6) is -3.18. The Morgan fingerprint density at radius 2 is 1.27 bits per heavy atom. The molecule has 2 spiro atoms. The molecule has 2 bridgehead atoms. The van der Waals surface area contributed by atoms with Gasteiger partial charge in [-0.2, -0.15) is 0 Å². The first-order valence-electron chi connectivity index (χ1n) is 19.9. The van der Waals surface area contributed by atoms with Crippen LogP contribution in [0.5, 0.6) is 0 Å². The van der Waals surface area contributed by atoms with Gasteiger partial charge < -0.3 is 37.3 Å². The molecule has 292 valence electrons. The molecule has 5 fully saturated rings. The van der Waals surface area contributed by atoms with Gasteiger partial charge in [0, 0.05) is 37.5 Å². The second-order valence-electron chi connectivity index (χ2n) is 19.7. The van der Waals surface area contributed by atoms with E-state index >= 15 is 4.79 Å². The minimum Gasteiger partial charge on any atom is -0.545 e. The molecule has 0 aromatic carbocycles. The van der Waals surface area contributed by atoms with Crippen LogP contribution >= 0.6 is 0 Å². The molecule has 0 radical (unpaired) electrons. The highest BCUT2D eigenvalue weighted by atomic mass is 28.4. The van der Waals surface area contributed by atoms with Crippen LogP contribution in [0.15, 0.2) is 23.5 Å². The van der Waals surface area contributed by atoms with Crippen LogP contribution in [-0.4, -0.2) is 84.4 Å². The number of methoxy groups -OCH3 is 2. The molecule has 0 N–H and O–H groups in total. The first-order valence-corrected chi connectivity index (χ1v) is 25.7.